The SMILES string of the molecule is CCCc1nc2c(CCN)ncn(Cc3ccc(OC)c(OC4CCCC4)c3)c-2n1. The van der Waals surface area contributed by atoms with Crippen molar-refractivity contribution in [1.82, 2.24) is 19.5 Å². The van der Waals surface area contributed by atoms with E-state index in [9.17, 15) is 0 Å². The number of ether oxygens (including phenoxy) is 2. The Balaban J connectivity index is 1.63. The molecule has 0 unspecified atom stereocenters. The number of hydrogen-bond acceptors (Lipinski definition) is 6. The van der Waals surface area contributed by atoms with E-state index in [2.05, 4.69) is 28.6 Å². The van der Waals surface area contributed by atoms with Crippen molar-refractivity contribution in [3.8, 4) is 23.0 Å². The van der Waals surface area contributed by atoms with E-state index in [1.165, 1.54) is 12.8 Å². The molecule has 7 heteroatoms. The van der Waals surface area contributed by atoms with Gasteiger partial charge in [-0.2, -0.15) is 0 Å². The minimum atomic E-state index is 0.281. The quantitative estimate of drug-likeness (QED) is 0.581. The van der Waals surface area contributed by atoms with Crippen LogP contribution in [0.4, 0.5) is 0 Å². The van der Waals surface area contributed by atoms with Gasteiger partial charge in [-0.3, -0.25) is 0 Å². The summed E-state index contributed by atoms with van der Waals surface area (Å²) >= 11 is 0. The van der Waals surface area contributed by atoms with Crippen molar-refractivity contribution >= 4 is 0 Å². The second-order valence-corrected chi connectivity index (χ2v) is 7.93. The number of methoxy groups -OCH3 is 1. The summed E-state index contributed by atoms with van der Waals surface area (Å²) in [6.07, 6.45) is 9.38. The van der Waals surface area contributed by atoms with E-state index in [-0.39, 0.29) is 6.10 Å². The molecule has 0 radical (unpaired) electrons. The Morgan fingerprint density at radius 3 is 2.70 bits per heavy atom. The third kappa shape index (κ3) is 4.41. The number of imidazole rings is 1. The molecule has 0 spiro atoms. The Labute approximate surface area is 178 Å². The summed E-state index contributed by atoms with van der Waals surface area (Å²) in [7, 11) is 1.68. The highest BCUT2D eigenvalue weighted by Crippen LogP contribution is 2.33. The van der Waals surface area contributed by atoms with E-state index < -0.39 is 0 Å². The van der Waals surface area contributed by atoms with Gasteiger partial charge in [-0.1, -0.05) is 13.0 Å². The number of benzene rings is 1. The lowest BCUT2D eigenvalue weighted by Gasteiger charge is -2.18. The van der Waals surface area contributed by atoms with Gasteiger partial charge in [0, 0.05) is 12.8 Å². The van der Waals surface area contributed by atoms with Crippen LogP contribution in [-0.2, 0) is 19.4 Å². The molecule has 30 heavy (non-hydrogen) atoms. The first kappa shape index (κ1) is 20.6. The van der Waals surface area contributed by atoms with Crippen molar-refractivity contribution in [2.45, 2.75) is 64.5 Å². The first-order valence-corrected chi connectivity index (χ1v) is 11.0. The van der Waals surface area contributed by atoms with Crippen molar-refractivity contribution in [3.63, 3.8) is 0 Å². The molecule has 0 bridgehead atoms. The first-order chi connectivity index (χ1) is 14.7. The summed E-state index contributed by atoms with van der Waals surface area (Å²) in [5, 5.41) is 0. The maximum absolute atomic E-state index is 6.26. The van der Waals surface area contributed by atoms with Crippen LogP contribution in [0.5, 0.6) is 11.5 Å². The van der Waals surface area contributed by atoms with Crippen LogP contribution < -0.4 is 15.2 Å². The van der Waals surface area contributed by atoms with Crippen molar-refractivity contribution in [2.24, 2.45) is 5.73 Å². The van der Waals surface area contributed by atoms with E-state index in [0.717, 1.165) is 65.8 Å². The Kier molecular flexibility index (Phi) is 6.47. The van der Waals surface area contributed by atoms with E-state index >= 15 is 0 Å². The number of aryl methyl sites for hydroxylation is 1. The van der Waals surface area contributed by atoms with E-state index in [1.807, 2.05) is 12.4 Å². The van der Waals surface area contributed by atoms with Gasteiger partial charge in [0.15, 0.2) is 17.3 Å². The van der Waals surface area contributed by atoms with Crippen LogP contribution in [0, 0.1) is 0 Å². The van der Waals surface area contributed by atoms with Crippen LogP contribution in [-0.4, -0.2) is 39.3 Å². The predicted octanol–water partition coefficient (Wildman–Crippen LogP) is 3.61. The van der Waals surface area contributed by atoms with Crippen LogP contribution in [0.15, 0.2) is 24.5 Å². The van der Waals surface area contributed by atoms with E-state index in [1.54, 1.807) is 7.11 Å². The average molecular weight is 410 g/mol. The second-order valence-electron chi connectivity index (χ2n) is 7.93. The number of rotatable bonds is 9. The zero-order valence-corrected chi connectivity index (χ0v) is 17.9. The van der Waals surface area contributed by atoms with Crippen LogP contribution in [0.25, 0.3) is 11.5 Å². The molecule has 1 saturated carbocycles. The molecule has 1 aliphatic carbocycles. The number of hydrogen-bond donors (Lipinski definition) is 1. The second kappa shape index (κ2) is 9.43. The monoisotopic (exact) mass is 409 g/mol. The Morgan fingerprint density at radius 1 is 1.13 bits per heavy atom. The molecule has 0 saturated heterocycles. The number of nitrogens with zero attached hydrogens (tertiary/aromatic N) is 4. The van der Waals surface area contributed by atoms with Gasteiger partial charge in [-0.15, -0.1) is 0 Å². The normalized spacial score (nSPS) is 14.5. The topological polar surface area (TPSA) is 88.1 Å². The lowest BCUT2D eigenvalue weighted by molar-refractivity contribution is 0.200. The van der Waals surface area contributed by atoms with Gasteiger partial charge >= 0.3 is 0 Å². The molecule has 2 heterocycles. The highest BCUT2D eigenvalue weighted by molar-refractivity contribution is 5.56. The smallest absolute Gasteiger partial charge is 0.164 e. The van der Waals surface area contributed by atoms with Gasteiger partial charge in [-0.05, 0) is 56.3 Å². The molecular formula is C23H31N5O2. The van der Waals surface area contributed by atoms with Crippen LogP contribution in [0.2, 0.25) is 0 Å². The molecular weight excluding hydrogens is 378 g/mol. The standard InChI is InChI=1S/C23H31N5O2/c1-3-6-21-26-22-18(11-12-24)25-15-28(23(22)27-21)14-16-9-10-19(29-2)20(13-16)30-17-7-4-5-8-17/h9-10,13,15,17H,3-8,11-12,14,24H2,1-2H3. The lowest BCUT2D eigenvalue weighted by Crippen LogP contribution is -2.13. The fraction of sp³-hybridized carbons (Fsp3) is 0.522. The lowest BCUT2D eigenvalue weighted by atomic mass is 10.1. The van der Waals surface area contributed by atoms with Crippen LogP contribution in [0.3, 0.4) is 0 Å². The number of aromatic nitrogens is 4. The van der Waals surface area contributed by atoms with Gasteiger partial charge in [0.1, 0.15) is 11.5 Å². The fourth-order valence-corrected chi connectivity index (χ4v) is 4.09. The van der Waals surface area contributed by atoms with Crippen molar-refractivity contribution in [1.29, 1.82) is 0 Å². The highest BCUT2D eigenvalue weighted by atomic mass is 16.5. The molecule has 160 valence electrons. The van der Waals surface area contributed by atoms with Crippen molar-refractivity contribution in [2.75, 3.05) is 13.7 Å². The van der Waals surface area contributed by atoms with Gasteiger partial charge in [0.25, 0.3) is 0 Å². The highest BCUT2D eigenvalue weighted by Gasteiger charge is 2.21. The summed E-state index contributed by atoms with van der Waals surface area (Å²) in [6.45, 7) is 3.32. The summed E-state index contributed by atoms with van der Waals surface area (Å²) in [5.41, 5.74) is 8.66. The minimum absolute atomic E-state index is 0.281. The summed E-state index contributed by atoms with van der Waals surface area (Å²) in [6, 6.07) is 6.12. The molecule has 1 fully saturated rings. The third-order valence-corrected chi connectivity index (χ3v) is 5.62. The predicted molar refractivity (Wildman–Crippen MR) is 116 cm³/mol. The molecule has 3 aliphatic rings. The third-order valence-electron chi connectivity index (χ3n) is 5.62. The van der Waals surface area contributed by atoms with Gasteiger partial charge in [0.05, 0.1) is 31.8 Å². The average Bonchev–Trinajstić information content (AvgIpc) is 3.41. The van der Waals surface area contributed by atoms with E-state index in [0.29, 0.717) is 19.5 Å². The minimum Gasteiger partial charge on any atom is -0.493 e. The fourth-order valence-electron chi connectivity index (χ4n) is 4.09. The molecule has 1 aromatic carbocycles. The van der Waals surface area contributed by atoms with Crippen molar-refractivity contribution in [3.05, 3.63) is 41.6 Å². The van der Waals surface area contributed by atoms with Gasteiger partial charge in [-0.25, -0.2) is 15.0 Å². The summed E-state index contributed by atoms with van der Waals surface area (Å²) < 4.78 is 13.8. The molecule has 2 N–H and O–H groups in total. The zero-order chi connectivity index (χ0) is 20.9. The van der Waals surface area contributed by atoms with Gasteiger partial charge < -0.3 is 19.8 Å². The maximum atomic E-state index is 6.26. The molecule has 7 nitrogen and oxygen atoms in total. The molecule has 0 atom stereocenters. The van der Waals surface area contributed by atoms with Crippen LogP contribution >= 0.6 is 0 Å². The van der Waals surface area contributed by atoms with Crippen molar-refractivity contribution < 1.29 is 9.47 Å². The summed E-state index contributed by atoms with van der Waals surface area (Å²) in [5.74, 6) is 3.32. The molecule has 0 amide bonds. The zero-order valence-electron chi connectivity index (χ0n) is 17.9. The Bertz CT molecular complexity index is 949. The summed E-state index contributed by atoms with van der Waals surface area (Å²) in [4.78, 5) is 14.2. The van der Waals surface area contributed by atoms with E-state index in [4.69, 9.17) is 25.2 Å². The Morgan fingerprint density at radius 2 is 1.97 bits per heavy atom. The molecule has 4 rings (SSSR count). The maximum Gasteiger partial charge on any atom is 0.164 e. The first-order valence-electron chi connectivity index (χ1n) is 11.0. The number of nitrogens with two attached hydrogens (primary N) is 1. The Hall–Kier alpha value is -2.67. The largest absolute Gasteiger partial charge is 0.493 e. The number of fused-ring (bicyclic) bond motifs is 1. The molecule has 1 aromatic rings. The molecule has 0 aromatic heterocycles. The van der Waals surface area contributed by atoms with Gasteiger partial charge in [0.2, 0.25) is 0 Å². The molecule has 2 aliphatic heterocycles. The van der Waals surface area contributed by atoms with Crippen LogP contribution in [0.1, 0.15) is 56.1 Å².